The van der Waals surface area contributed by atoms with Crippen LogP contribution < -0.4 is 10.2 Å². The Morgan fingerprint density at radius 2 is 2.04 bits per heavy atom. The molecule has 0 saturated carbocycles. The number of benzene rings is 1. The molecule has 1 aromatic carbocycles. The Labute approximate surface area is 160 Å². The van der Waals surface area contributed by atoms with Crippen LogP contribution in [-0.2, 0) is 13.1 Å². The van der Waals surface area contributed by atoms with Gasteiger partial charge in [0, 0.05) is 51.5 Å². The fourth-order valence-electron chi connectivity index (χ4n) is 3.24. The number of anilines is 1. The first-order chi connectivity index (χ1) is 12.7. The van der Waals surface area contributed by atoms with Gasteiger partial charge in [-0.25, -0.2) is 4.98 Å². The first-order valence-electron chi connectivity index (χ1n) is 9.02. The number of guanidine groups is 1. The average Bonchev–Trinajstić information content (AvgIpc) is 3.17. The summed E-state index contributed by atoms with van der Waals surface area (Å²) in [5, 5.41) is 4.19. The van der Waals surface area contributed by atoms with Gasteiger partial charge in [0.2, 0.25) is 0 Å². The normalized spacial score (nSPS) is 14.6. The number of hydrogen-bond acceptors (Lipinski definition) is 3. The maximum atomic E-state index is 6.08. The van der Waals surface area contributed by atoms with Crippen LogP contribution in [0.25, 0.3) is 0 Å². The van der Waals surface area contributed by atoms with E-state index < -0.39 is 0 Å². The number of nitrogens with zero attached hydrogens (tertiary/aromatic N) is 4. The fourth-order valence-corrected chi connectivity index (χ4v) is 3.45. The predicted octanol–water partition coefficient (Wildman–Crippen LogP) is 3.54. The van der Waals surface area contributed by atoms with Gasteiger partial charge < -0.3 is 15.1 Å². The van der Waals surface area contributed by atoms with Gasteiger partial charge >= 0.3 is 0 Å². The Bertz CT molecular complexity index is 755. The molecule has 138 valence electrons. The standard InChI is InChI=1S/C20H26ClN5/c1-22-20(25(2)15-17-6-5-7-18(21)12-17)24-14-16-8-9-23-19(13-16)26-10-3-4-11-26/h5-9,12-13H,3-4,10-11,14-15H2,1-2H3,(H,22,24). The highest BCUT2D eigenvalue weighted by molar-refractivity contribution is 6.30. The molecule has 0 spiro atoms. The molecule has 2 heterocycles. The Morgan fingerprint density at radius 3 is 2.77 bits per heavy atom. The molecule has 3 rings (SSSR count). The second-order valence-electron chi connectivity index (χ2n) is 6.60. The summed E-state index contributed by atoms with van der Waals surface area (Å²) >= 11 is 6.08. The maximum Gasteiger partial charge on any atom is 0.193 e. The van der Waals surface area contributed by atoms with Gasteiger partial charge in [0.25, 0.3) is 0 Å². The number of halogens is 1. The summed E-state index contributed by atoms with van der Waals surface area (Å²) in [4.78, 5) is 13.3. The van der Waals surface area contributed by atoms with Crippen molar-refractivity contribution in [3.05, 3.63) is 58.7 Å². The second kappa shape index (κ2) is 8.90. The first kappa shape index (κ1) is 18.5. The van der Waals surface area contributed by atoms with Crippen LogP contribution in [0.15, 0.2) is 47.6 Å². The third-order valence-corrected chi connectivity index (χ3v) is 4.81. The van der Waals surface area contributed by atoms with Crippen molar-refractivity contribution in [1.82, 2.24) is 15.2 Å². The summed E-state index contributed by atoms with van der Waals surface area (Å²) in [6.07, 6.45) is 4.40. The molecule has 1 fully saturated rings. The molecular formula is C20H26ClN5. The van der Waals surface area contributed by atoms with E-state index in [2.05, 4.69) is 43.3 Å². The molecule has 0 bridgehead atoms. The molecule has 5 nitrogen and oxygen atoms in total. The van der Waals surface area contributed by atoms with E-state index in [4.69, 9.17) is 11.6 Å². The highest BCUT2D eigenvalue weighted by Gasteiger charge is 2.14. The van der Waals surface area contributed by atoms with E-state index in [0.717, 1.165) is 48.5 Å². The molecule has 1 aromatic heterocycles. The lowest BCUT2D eigenvalue weighted by atomic mass is 10.2. The zero-order valence-electron chi connectivity index (χ0n) is 15.5. The van der Waals surface area contributed by atoms with Gasteiger partial charge in [-0.15, -0.1) is 0 Å². The summed E-state index contributed by atoms with van der Waals surface area (Å²) in [7, 11) is 3.83. The monoisotopic (exact) mass is 371 g/mol. The van der Waals surface area contributed by atoms with E-state index in [1.165, 1.54) is 18.4 Å². The van der Waals surface area contributed by atoms with Crippen molar-refractivity contribution in [3.63, 3.8) is 0 Å². The van der Waals surface area contributed by atoms with E-state index in [9.17, 15) is 0 Å². The largest absolute Gasteiger partial charge is 0.357 e. The van der Waals surface area contributed by atoms with Crippen LogP contribution >= 0.6 is 11.6 Å². The van der Waals surface area contributed by atoms with E-state index in [1.54, 1.807) is 7.05 Å². The molecule has 0 amide bonds. The van der Waals surface area contributed by atoms with Crippen molar-refractivity contribution in [1.29, 1.82) is 0 Å². The minimum Gasteiger partial charge on any atom is -0.357 e. The third-order valence-electron chi connectivity index (χ3n) is 4.57. The van der Waals surface area contributed by atoms with Crippen molar-refractivity contribution >= 4 is 23.4 Å². The summed E-state index contributed by atoms with van der Waals surface area (Å²) < 4.78 is 0. The van der Waals surface area contributed by atoms with E-state index in [-0.39, 0.29) is 0 Å². The van der Waals surface area contributed by atoms with Crippen LogP contribution in [0.2, 0.25) is 5.02 Å². The minimum absolute atomic E-state index is 0.718. The molecule has 1 aliphatic heterocycles. The van der Waals surface area contributed by atoms with Crippen LogP contribution in [0, 0.1) is 0 Å². The molecule has 1 aliphatic rings. The van der Waals surface area contributed by atoms with Crippen molar-refractivity contribution in [2.45, 2.75) is 25.9 Å². The number of nitrogens with one attached hydrogen (secondary N) is 1. The fraction of sp³-hybridized carbons (Fsp3) is 0.400. The lowest BCUT2D eigenvalue weighted by Gasteiger charge is -2.23. The predicted molar refractivity (Wildman–Crippen MR) is 109 cm³/mol. The van der Waals surface area contributed by atoms with Gasteiger partial charge in [-0.3, -0.25) is 4.99 Å². The Morgan fingerprint density at radius 1 is 1.23 bits per heavy atom. The minimum atomic E-state index is 0.718. The molecule has 1 saturated heterocycles. The maximum absolute atomic E-state index is 6.08. The second-order valence-corrected chi connectivity index (χ2v) is 7.04. The quantitative estimate of drug-likeness (QED) is 0.645. The van der Waals surface area contributed by atoms with Crippen molar-refractivity contribution < 1.29 is 0 Å². The summed E-state index contributed by atoms with van der Waals surface area (Å²) in [5.41, 5.74) is 2.36. The molecular weight excluding hydrogens is 346 g/mol. The number of aromatic nitrogens is 1. The highest BCUT2D eigenvalue weighted by Crippen LogP contribution is 2.18. The van der Waals surface area contributed by atoms with Crippen LogP contribution in [-0.4, -0.2) is 43.0 Å². The van der Waals surface area contributed by atoms with Crippen LogP contribution in [0.4, 0.5) is 5.82 Å². The first-order valence-corrected chi connectivity index (χ1v) is 9.39. The summed E-state index contributed by atoms with van der Waals surface area (Å²) in [5.74, 6) is 1.92. The Balaban J connectivity index is 1.59. The van der Waals surface area contributed by atoms with Gasteiger partial charge in [-0.2, -0.15) is 0 Å². The Hall–Kier alpha value is -2.27. The van der Waals surface area contributed by atoms with Crippen LogP contribution in [0.3, 0.4) is 0 Å². The van der Waals surface area contributed by atoms with Crippen LogP contribution in [0.1, 0.15) is 24.0 Å². The smallest absolute Gasteiger partial charge is 0.193 e. The molecule has 0 radical (unpaired) electrons. The number of rotatable bonds is 5. The van der Waals surface area contributed by atoms with Gasteiger partial charge in [-0.05, 0) is 48.2 Å². The van der Waals surface area contributed by atoms with Crippen molar-refractivity contribution in [2.24, 2.45) is 4.99 Å². The van der Waals surface area contributed by atoms with E-state index in [1.807, 2.05) is 31.4 Å². The number of aliphatic imine (C=N–C) groups is 1. The number of pyridine rings is 1. The lowest BCUT2D eigenvalue weighted by Crippen LogP contribution is -2.38. The molecule has 6 heteroatoms. The van der Waals surface area contributed by atoms with Gasteiger partial charge in [-0.1, -0.05) is 23.7 Å². The molecule has 2 aromatic rings. The number of hydrogen-bond donors (Lipinski definition) is 1. The van der Waals surface area contributed by atoms with Crippen LogP contribution in [0.5, 0.6) is 0 Å². The average molecular weight is 372 g/mol. The van der Waals surface area contributed by atoms with Gasteiger partial charge in [0.15, 0.2) is 5.96 Å². The summed E-state index contributed by atoms with van der Waals surface area (Å²) in [6.45, 7) is 3.67. The third kappa shape index (κ3) is 4.88. The van der Waals surface area contributed by atoms with Gasteiger partial charge in [0.1, 0.15) is 5.82 Å². The van der Waals surface area contributed by atoms with E-state index in [0.29, 0.717) is 0 Å². The Kier molecular flexibility index (Phi) is 6.34. The molecule has 1 N–H and O–H groups in total. The molecule has 0 unspecified atom stereocenters. The molecule has 26 heavy (non-hydrogen) atoms. The SMILES string of the molecule is CN=C(NCc1ccnc(N2CCCC2)c1)N(C)Cc1cccc(Cl)c1. The zero-order valence-corrected chi connectivity index (χ0v) is 16.2. The summed E-state index contributed by atoms with van der Waals surface area (Å²) in [6, 6.07) is 12.1. The lowest BCUT2D eigenvalue weighted by molar-refractivity contribution is 0.476. The molecule has 0 aliphatic carbocycles. The molecule has 0 atom stereocenters. The van der Waals surface area contributed by atoms with Crippen molar-refractivity contribution in [2.75, 3.05) is 32.1 Å². The topological polar surface area (TPSA) is 43.8 Å². The van der Waals surface area contributed by atoms with E-state index >= 15 is 0 Å². The zero-order chi connectivity index (χ0) is 18.4. The van der Waals surface area contributed by atoms with Crippen molar-refractivity contribution in [3.8, 4) is 0 Å². The highest BCUT2D eigenvalue weighted by atomic mass is 35.5. The van der Waals surface area contributed by atoms with Gasteiger partial charge in [0.05, 0.1) is 0 Å².